The molecule has 0 aliphatic heterocycles. The molecule has 1 unspecified atom stereocenters. The van der Waals surface area contributed by atoms with Crippen molar-refractivity contribution in [3.05, 3.63) is 77.1 Å². The van der Waals surface area contributed by atoms with Crippen molar-refractivity contribution in [1.29, 1.82) is 0 Å². The fourth-order valence-electron chi connectivity index (χ4n) is 3.42. The third kappa shape index (κ3) is 5.22. The van der Waals surface area contributed by atoms with Gasteiger partial charge < -0.3 is 10.1 Å². The summed E-state index contributed by atoms with van der Waals surface area (Å²) >= 11 is 6.11. The van der Waals surface area contributed by atoms with Gasteiger partial charge in [-0.3, -0.25) is 4.79 Å². The Morgan fingerprint density at radius 1 is 1.09 bits per heavy atom. The van der Waals surface area contributed by atoms with Crippen LogP contribution >= 0.6 is 11.6 Å². The molecule has 0 fully saturated rings. The molecule has 4 nitrogen and oxygen atoms in total. The molecule has 0 bridgehead atoms. The van der Waals surface area contributed by atoms with Gasteiger partial charge >= 0.3 is 6.36 Å². The fourth-order valence-corrected chi connectivity index (χ4v) is 3.58. The molecule has 0 saturated heterocycles. The lowest BCUT2D eigenvalue weighted by Crippen LogP contribution is -2.37. The van der Waals surface area contributed by atoms with E-state index < -0.39 is 11.8 Å². The number of halogens is 4. The average Bonchev–Trinajstić information content (AvgIpc) is 2.73. The normalized spacial score (nSPS) is 13.3. The van der Waals surface area contributed by atoms with Crippen LogP contribution in [0.4, 0.5) is 18.9 Å². The van der Waals surface area contributed by atoms with Crippen LogP contribution in [0, 0.1) is 6.92 Å². The number of carbonyl (C=O) groups excluding carboxylic acids is 1. The summed E-state index contributed by atoms with van der Waals surface area (Å²) in [6.45, 7) is 5.41. The number of anilines is 1. The number of hydrogen-bond donors (Lipinski definition) is 1. The van der Waals surface area contributed by atoms with Crippen molar-refractivity contribution in [2.24, 2.45) is 0 Å². The van der Waals surface area contributed by atoms with E-state index >= 15 is 0 Å². The van der Waals surface area contributed by atoms with Crippen molar-refractivity contribution in [3.8, 4) is 16.9 Å². The Hall–Kier alpha value is -3.06. The maximum atomic E-state index is 13.4. The molecule has 1 heterocycles. The van der Waals surface area contributed by atoms with Crippen LogP contribution in [0.25, 0.3) is 11.1 Å². The minimum absolute atomic E-state index is 0.275. The summed E-state index contributed by atoms with van der Waals surface area (Å²) in [6, 6.07) is 14.8. The van der Waals surface area contributed by atoms with E-state index in [-0.39, 0.29) is 16.8 Å². The van der Waals surface area contributed by atoms with Gasteiger partial charge in [0, 0.05) is 5.56 Å². The van der Waals surface area contributed by atoms with Crippen LogP contribution in [-0.2, 0) is 10.2 Å². The van der Waals surface area contributed by atoms with Crippen molar-refractivity contribution in [1.82, 2.24) is 4.98 Å². The van der Waals surface area contributed by atoms with E-state index in [0.717, 1.165) is 11.1 Å². The van der Waals surface area contributed by atoms with Gasteiger partial charge in [0.05, 0.1) is 17.3 Å². The van der Waals surface area contributed by atoms with Crippen molar-refractivity contribution in [3.63, 3.8) is 0 Å². The zero-order valence-corrected chi connectivity index (χ0v) is 18.5. The summed E-state index contributed by atoms with van der Waals surface area (Å²) < 4.78 is 42.0. The first-order chi connectivity index (χ1) is 15.0. The topological polar surface area (TPSA) is 51.2 Å². The molecule has 0 saturated carbocycles. The monoisotopic (exact) mass is 462 g/mol. The molecule has 1 atom stereocenters. The molecule has 0 radical (unpaired) electrons. The number of rotatable bonds is 6. The molecule has 3 rings (SSSR count). The number of carbonyl (C=O) groups is 1. The summed E-state index contributed by atoms with van der Waals surface area (Å²) in [4.78, 5) is 17.5. The molecule has 32 heavy (non-hydrogen) atoms. The number of benzene rings is 2. The van der Waals surface area contributed by atoms with Crippen LogP contribution in [-0.4, -0.2) is 17.3 Å². The minimum atomic E-state index is -4.82. The smallest absolute Gasteiger partial charge is 0.406 e. The highest BCUT2D eigenvalue weighted by atomic mass is 35.5. The van der Waals surface area contributed by atoms with Crippen molar-refractivity contribution < 1.29 is 22.7 Å². The summed E-state index contributed by atoms with van der Waals surface area (Å²) in [5, 5.41) is 3.17. The van der Waals surface area contributed by atoms with Gasteiger partial charge in [-0.1, -0.05) is 54.9 Å². The second-order valence-corrected chi connectivity index (χ2v) is 7.97. The number of alkyl halides is 3. The molecule has 0 spiro atoms. The molecular weight excluding hydrogens is 441 g/mol. The van der Waals surface area contributed by atoms with Crippen LogP contribution in [0.15, 0.2) is 60.8 Å². The standard InChI is InChI=1S/C24H22ClF3N2O2/c1-4-23(3,16-9-7-10-17(12-16)32-24(26,27)28)22(31)30-20-14-29-21(25)13-19(20)18-11-6-5-8-15(18)2/h5-14H,4H2,1-3H3,(H,30,31). The first kappa shape index (κ1) is 23.6. The number of ether oxygens (including phenoxy) is 1. The lowest BCUT2D eigenvalue weighted by atomic mass is 9.79. The Bertz CT molecular complexity index is 1130. The molecule has 1 aromatic heterocycles. The van der Waals surface area contributed by atoms with Gasteiger partial charge in [-0.15, -0.1) is 13.2 Å². The summed E-state index contributed by atoms with van der Waals surface area (Å²) in [5.41, 5.74) is 2.30. The van der Waals surface area contributed by atoms with Gasteiger partial charge in [0.15, 0.2) is 0 Å². The van der Waals surface area contributed by atoms with Crippen LogP contribution < -0.4 is 10.1 Å². The third-order valence-corrected chi connectivity index (χ3v) is 5.67. The number of nitrogens with zero attached hydrogens (tertiary/aromatic N) is 1. The van der Waals surface area contributed by atoms with E-state index in [2.05, 4.69) is 15.0 Å². The highest BCUT2D eigenvalue weighted by Crippen LogP contribution is 2.36. The Labute approximate surface area is 189 Å². The Morgan fingerprint density at radius 3 is 2.47 bits per heavy atom. The fraction of sp³-hybridized carbons (Fsp3) is 0.250. The van der Waals surface area contributed by atoms with Crippen molar-refractivity contribution in [2.45, 2.75) is 39.0 Å². The van der Waals surface area contributed by atoms with Crippen LogP contribution in [0.2, 0.25) is 5.15 Å². The molecule has 8 heteroatoms. The Balaban J connectivity index is 1.97. The summed E-state index contributed by atoms with van der Waals surface area (Å²) in [7, 11) is 0. The number of pyridine rings is 1. The molecule has 0 aliphatic rings. The number of nitrogens with one attached hydrogen (secondary N) is 1. The summed E-state index contributed by atoms with van der Waals surface area (Å²) in [5.74, 6) is -0.764. The first-order valence-corrected chi connectivity index (χ1v) is 10.3. The van der Waals surface area contributed by atoms with E-state index in [4.69, 9.17) is 11.6 Å². The number of aryl methyl sites for hydroxylation is 1. The van der Waals surface area contributed by atoms with Crippen LogP contribution in [0.1, 0.15) is 31.4 Å². The maximum absolute atomic E-state index is 13.4. The van der Waals surface area contributed by atoms with Gasteiger partial charge in [-0.05, 0) is 55.2 Å². The molecular formula is C24H22ClF3N2O2. The van der Waals surface area contributed by atoms with E-state index in [1.54, 1.807) is 26.0 Å². The Morgan fingerprint density at radius 2 is 1.81 bits per heavy atom. The Kier molecular flexibility index (Phi) is 6.79. The van der Waals surface area contributed by atoms with Gasteiger partial charge in [0.25, 0.3) is 0 Å². The number of hydrogen-bond acceptors (Lipinski definition) is 3. The molecule has 168 valence electrons. The summed E-state index contributed by atoms with van der Waals surface area (Å²) in [6.07, 6.45) is -3.00. The lowest BCUT2D eigenvalue weighted by Gasteiger charge is -2.28. The van der Waals surface area contributed by atoms with Crippen LogP contribution in [0.5, 0.6) is 5.75 Å². The quantitative estimate of drug-likeness (QED) is 0.405. The zero-order valence-electron chi connectivity index (χ0n) is 17.8. The first-order valence-electron chi connectivity index (χ1n) is 9.93. The number of amides is 1. The predicted molar refractivity (Wildman–Crippen MR) is 119 cm³/mol. The predicted octanol–water partition coefficient (Wildman–Crippen LogP) is 6.92. The highest BCUT2D eigenvalue weighted by molar-refractivity contribution is 6.29. The molecule has 1 N–H and O–H groups in total. The van der Waals surface area contributed by atoms with Gasteiger partial charge in [0.2, 0.25) is 5.91 Å². The van der Waals surface area contributed by atoms with E-state index in [1.807, 2.05) is 31.2 Å². The molecule has 2 aromatic carbocycles. The molecule has 0 aliphatic carbocycles. The van der Waals surface area contributed by atoms with Crippen LogP contribution in [0.3, 0.4) is 0 Å². The van der Waals surface area contributed by atoms with Gasteiger partial charge in [0.1, 0.15) is 10.9 Å². The molecule has 1 amide bonds. The van der Waals surface area contributed by atoms with Crippen molar-refractivity contribution in [2.75, 3.05) is 5.32 Å². The highest BCUT2D eigenvalue weighted by Gasteiger charge is 2.36. The van der Waals surface area contributed by atoms with Crippen molar-refractivity contribution >= 4 is 23.2 Å². The second kappa shape index (κ2) is 9.20. The van der Waals surface area contributed by atoms with E-state index in [0.29, 0.717) is 23.2 Å². The zero-order chi connectivity index (χ0) is 23.5. The van der Waals surface area contributed by atoms with Gasteiger partial charge in [-0.2, -0.15) is 0 Å². The van der Waals surface area contributed by atoms with E-state index in [1.165, 1.54) is 24.4 Å². The minimum Gasteiger partial charge on any atom is -0.406 e. The number of aromatic nitrogens is 1. The maximum Gasteiger partial charge on any atom is 0.573 e. The van der Waals surface area contributed by atoms with Gasteiger partial charge in [-0.25, -0.2) is 4.98 Å². The molecule has 3 aromatic rings. The lowest BCUT2D eigenvalue weighted by molar-refractivity contribution is -0.274. The second-order valence-electron chi connectivity index (χ2n) is 7.58. The third-order valence-electron chi connectivity index (χ3n) is 5.47. The average molecular weight is 463 g/mol. The SMILES string of the molecule is CCC(C)(C(=O)Nc1cnc(Cl)cc1-c1ccccc1C)c1cccc(OC(F)(F)F)c1. The van der Waals surface area contributed by atoms with E-state index in [9.17, 15) is 18.0 Å². The largest absolute Gasteiger partial charge is 0.573 e.